The van der Waals surface area contributed by atoms with E-state index in [1.165, 1.54) is 5.56 Å². The molecule has 0 amide bonds. The first-order valence-corrected chi connectivity index (χ1v) is 5.60. The summed E-state index contributed by atoms with van der Waals surface area (Å²) in [5.74, 6) is 0. The molecule has 1 N–H and O–H groups in total. The predicted molar refractivity (Wildman–Crippen MR) is 64.7 cm³/mol. The summed E-state index contributed by atoms with van der Waals surface area (Å²) in [5, 5.41) is 12.3. The quantitative estimate of drug-likeness (QED) is 0.825. The van der Waals surface area contributed by atoms with Gasteiger partial charge in [0.2, 0.25) is 0 Å². The van der Waals surface area contributed by atoms with Crippen LogP contribution in [0.4, 0.5) is 0 Å². The Bertz CT molecular complexity index is 351. The lowest BCUT2D eigenvalue weighted by Crippen LogP contribution is -2.24. The number of rotatable bonds is 5. The Morgan fingerprint density at radius 1 is 1.56 bits per heavy atom. The highest BCUT2D eigenvalue weighted by atomic mass is 14.9. The van der Waals surface area contributed by atoms with Crippen LogP contribution in [0.2, 0.25) is 0 Å². The molecule has 0 saturated carbocycles. The fraction of sp³-hybridized carbons (Fsp3) is 0.538. The molecule has 3 heteroatoms. The van der Waals surface area contributed by atoms with E-state index < -0.39 is 0 Å². The van der Waals surface area contributed by atoms with Crippen molar-refractivity contribution in [2.75, 3.05) is 6.54 Å². The van der Waals surface area contributed by atoms with Crippen molar-refractivity contribution in [1.82, 2.24) is 10.3 Å². The molecule has 86 valence electrons. The Hall–Kier alpha value is -1.40. The van der Waals surface area contributed by atoms with Crippen molar-refractivity contribution in [3.05, 3.63) is 30.1 Å². The van der Waals surface area contributed by atoms with Crippen LogP contribution in [0, 0.1) is 16.7 Å². The highest BCUT2D eigenvalue weighted by Gasteiger charge is 2.16. The number of hydrogen-bond acceptors (Lipinski definition) is 3. The molecule has 1 aromatic heterocycles. The zero-order valence-corrected chi connectivity index (χ0v) is 10.2. The molecule has 0 aliphatic heterocycles. The number of pyridine rings is 1. The van der Waals surface area contributed by atoms with Gasteiger partial charge in [0.15, 0.2) is 0 Å². The van der Waals surface area contributed by atoms with Crippen molar-refractivity contribution >= 4 is 0 Å². The van der Waals surface area contributed by atoms with Gasteiger partial charge in [-0.2, -0.15) is 5.26 Å². The largest absolute Gasteiger partial charge is 0.310 e. The molecule has 16 heavy (non-hydrogen) atoms. The van der Waals surface area contributed by atoms with Crippen LogP contribution in [-0.2, 0) is 0 Å². The van der Waals surface area contributed by atoms with E-state index in [4.69, 9.17) is 5.26 Å². The van der Waals surface area contributed by atoms with E-state index in [0.29, 0.717) is 0 Å². The molecule has 0 aromatic carbocycles. The molecule has 0 spiro atoms. The van der Waals surface area contributed by atoms with Crippen LogP contribution in [0.25, 0.3) is 0 Å². The fourth-order valence-corrected chi connectivity index (χ4v) is 1.41. The third-order valence-corrected chi connectivity index (χ3v) is 2.69. The highest BCUT2D eigenvalue weighted by molar-refractivity contribution is 5.12. The zero-order chi connectivity index (χ0) is 12.0. The monoisotopic (exact) mass is 217 g/mol. The summed E-state index contributed by atoms with van der Waals surface area (Å²) in [5.41, 5.74) is 0.930. The minimum Gasteiger partial charge on any atom is -0.310 e. The first-order chi connectivity index (χ1) is 7.55. The molecule has 0 aliphatic rings. The van der Waals surface area contributed by atoms with E-state index >= 15 is 0 Å². The number of nitrogens with one attached hydrogen (secondary N) is 1. The van der Waals surface area contributed by atoms with Crippen LogP contribution in [0.5, 0.6) is 0 Å². The van der Waals surface area contributed by atoms with E-state index in [1.807, 2.05) is 26.1 Å². The maximum absolute atomic E-state index is 8.89. The fourth-order valence-electron chi connectivity index (χ4n) is 1.41. The van der Waals surface area contributed by atoms with Gasteiger partial charge in [-0.05, 0) is 45.4 Å². The van der Waals surface area contributed by atoms with Gasteiger partial charge < -0.3 is 5.32 Å². The van der Waals surface area contributed by atoms with Gasteiger partial charge in [-0.3, -0.25) is 4.98 Å². The van der Waals surface area contributed by atoms with Gasteiger partial charge in [-0.15, -0.1) is 0 Å². The Morgan fingerprint density at radius 2 is 2.31 bits per heavy atom. The van der Waals surface area contributed by atoms with E-state index in [0.717, 1.165) is 13.0 Å². The van der Waals surface area contributed by atoms with Crippen LogP contribution in [0.1, 0.15) is 38.8 Å². The van der Waals surface area contributed by atoms with Crippen molar-refractivity contribution in [3.8, 4) is 6.07 Å². The van der Waals surface area contributed by atoms with Crippen molar-refractivity contribution < 1.29 is 0 Å². The summed E-state index contributed by atoms with van der Waals surface area (Å²) < 4.78 is 0. The minimum absolute atomic E-state index is 0.248. The second-order valence-corrected chi connectivity index (χ2v) is 4.71. The van der Waals surface area contributed by atoms with Crippen LogP contribution in [0.3, 0.4) is 0 Å². The summed E-state index contributed by atoms with van der Waals surface area (Å²) in [6.45, 7) is 6.87. The molecule has 0 fully saturated rings. The van der Waals surface area contributed by atoms with Crippen molar-refractivity contribution in [1.29, 1.82) is 5.26 Å². The molecule has 3 nitrogen and oxygen atoms in total. The summed E-state index contributed by atoms with van der Waals surface area (Å²) >= 11 is 0. The highest BCUT2D eigenvalue weighted by Crippen LogP contribution is 2.18. The van der Waals surface area contributed by atoms with Crippen molar-refractivity contribution in [3.63, 3.8) is 0 Å². The molecule has 0 bridgehead atoms. The molecule has 0 aliphatic carbocycles. The van der Waals surface area contributed by atoms with Gasteiger partial charge in [0.1, 0.15) is 0 Å². The van der Waals surface area contributed by atoms with Gasteiger partial charge in [-0.25, -0.2) is 0 Å². The summed E-state index contributed by atoms with van der Waals surface area (Å²) in [6, 6.07) is 6.58. The third-order valence-electron chi connectivity index (χ3n) is 2.69. The van der Waals surface area contributed by atoms with Crippen molar-refractivity contribution in [2.45, 2.75) is 33.2 Å². The normalized spacial score (nSPS) is 13.1. The molecule has 0 radical (unpaired) electrons. The van der Waals surface area contributed by atoms with Gasteiger partial charge in [0, 0.05) is 18.4 Å². The van der Waals surface area contributed by atoms with Crippen LogP contribution in [0.15, 0.2) is 24.5 Å². The molecular formula is C13H19N3. The predicted octanol–water partition coefficient (Wildman–Crippen LogP) is 2.67. The molecule has 1 rings (SSSR count). The zero-order valence-electron chi connectivity index (χ0n) is 10.2. The van der Waals surface area contributed by atoms with Crippen molar-refractivity contribution in [2.24, 2.45) is 5.41 Å². The van der Waals surface area contributed by atoms with Gasteiger partial charge in [-0.1, -0.05) is 6.07 Å². The standard InChI is InChI=1S/C13H19N3/c1-11(12-5-4-7-15-9-12)16-8-6-13(2,3)10-14/h4-5,7,9,11,16H,6,8H2,1-3H3/t11-/m0/s1. The third kappa shape index (κ3) is 4.00. The number of aromatic nitrogens is 1. The average molecular weight is 217 g/mol. The first-order valence-electron chi connectivity index (χ1n) is 5.60. The lowest BCUT2D eigenvalue weighted by atomic mass is 9.91. The molecular weight excluding hydrogens is 198 g/mol. The molecule has 1 atom stereocenters. The lowest BCUT2D eigenvalue weighted by Gasteiger charge is -2.18. The van der Waals surface area contributed by atoms with Crippen LogP contribution >= 0.6 is 0 Å². The Morgan fingerprint density at radius 3 is 2.88 bits per heavy atom. The smallest absolute Gasteiger partial charge is 0.0684 e. The summed E-state index contributed by atoms with van der Waals surface area (Å²) in [6.07, 6.45) is 4.50. The van der Waals surface area contributed by atoms with Gasteiger partial charge >= 0.3 is 0 Å². The lowest BCUT2D eigenvalue weighted by molar-refractivity contribution is 0.416. The second-order valence-electron chi connectivity index (χ2n) is 4.71. The Kier molecular flexibility index (Phi) is 4.45. The van der Waals surface area contributed by atoms with E-state index in [1.54, 1.807) is 6.20 Å². The van der Waals surface area contributed by atoms with E-state index in [-0.39, 0.29) is 11.5 Å². The summed E-state index contributed by atoms with van der Waals surface area (Å²) in [4.78, 5) is 4.09. The Balaban J connectivity index is 2.38. The topological polar surface area (TPSA) is 48.7 Å². The van der Waals surface area contributed by atoms with Gasteiger partial charge in [0.05, 0.1) is 11.5 Å². The Labute approximate surface area is 97.5 Å². The number of hydrogen-bond donors (Lipinski definition) is 1. The van der Waals surface area contributed by atoms with Crippen LogP contribution in [-0.4, -0.2) is 11.5 Å². The molecule has 1 aromatic rings. The molecule has 0 unspecified atom stereocenters. The first kappa shape index (κ1) is 12.7. The SMILES string of the molecule is C[C@H](NCCC(C)(C)C#N)c1cccnc1. The maximum atomic E-state index is 8.89. The van der Waals surface area contributed by atoms with Gasteiger partial charge in [0.25, 0.3) is 0 Å². The summed E-state index contributed by atoms with van der Waals surface area (Å²) in [7, 11) is 0. The van der Waals surface area contributed by atoms with Crippen LogP contribution < -0.4 is 5.32 Å². The maximum Gasteiger partial charge on any atom is 0.0684 e. The minimum atomic E-state index is -0.248. The number of nitrogens with zero attached hydrogens (tertiary/aromatic N) is 2. The average Bonchev–Trinajstić information content (AvgIpc) is 2.30. The van der Waals surface area contributed by atoms with E-state index in [9.17, 15) is 0 Å². The molecule has 0 saturated heterocycles. The second kappa shape index (κ2) is 5.62. The van der Waals surface area contributed by atoms with E-state index in [2.05, 4.69) is 29.4 Å². The number of nitriles is 1. The molecule has 1 heterocycles.